The average molecular weight is 287 g/mol. The van der Waals surface area contributed by atoms with Crippen molar-refractivity contribution in [3.8, 4) is 0 Å². The maximum absolute atomic E-state index is 12.7. The van der Waals surface area contributed by atoms with Crippen molar-refractivity contribution in [3.05, 3.63) is 29.6 Å². The Bertz CT molecular complexity index is 620. The standard InChI is InChI=1S/C15H17N3O3/c1-10-5-4-6-11(16-10)9-18-13(20)15(7-2-3-8-15)12(19)17-14(18)21/h4-6H,2-3,7-9H2,1H3,(H,17,19,21). The van der Waals surface area contributed by atoms with Crippen LogP contribution in [0.1, 0.15) is 37.1 Å². The number of amides is 4. The number of urea groups is 1. The van der Waals surface area contributed by atoms with E-state index in [-0.39, 0.29) is 12.5 Å². The lowest BCUT2D eigenvalue weighted by Gasteiger charge is -2.36. The monoisotopic (exact) mass is 287 g/mol. The summed E-state index contributed by atoms with van der Waals surface area (Å²) in [6.07, 6.45) is 2.71. The molecule has 1 aromatic rings. The predicted molar refractivity (Wildman–Crippen MR) is 74.0 cm³/mol. The third kappa shape index (κ3) is 2.20. The Labute approximate surface area is 122 Å². The highest BCUT2D eigenvalue weighted by atomic mass is 16.2. The van der Waals surface area contributed by atoms with E-state index in [1.54, 1.807) is 6.07 Å². The van der Waals surface area contributed by atoms with E-state index in [4.69, 9.17) is 0 Å². The number of aryl methyl sites for hydroxylation is 1. The van der Waals surface area contributed by atoms with Gasteiger partial charge in [-0.3, -0.25) is 24.8 Å². The van der Waals surface area contributed by atoms with Crippen molar-refractivity contribution < 1.29 is 14.4 Å². The van der Waals surface area contributed by atoms with E-state index in [0.29, 0.717) is 18.5 Å². The normalized spacial score (nSPS) is 21.0. The second-order valence-corrected chi connectivity index (χ2v) is 5.71. The minimum absolute atomic E-state index is 0.0986. The lowest BCUT2D eigenvalue weighted by Crippen LogP contribution is -2.62. The molecule has 1 aromatic heterocycles. The molecule has 21 heavy (non-hydrogen) atoms. The van der Waals surface area contributed by atoms with Crippen LogP contribution in [0.5, 0.6) is 0 Å². The second kappa shape index (κ2) is 4.95. The minimum Gasteiger partial charge on any atom is -0.277 e. The van der Waals surface area contributed by atoms with E-state index < -0.39 is 17.4 Å². The molecule has 1 aliphatic carbocycles. The summed E-state index contributed by atoms with van der Waals surface area (Å²) < 4.78 is 0. The average Bonchev–Trinajstić information content (AvgIpc) is 2.93. The Hall–Kier alpha value is -2.24. The lowest BCUT2D eigenvalue weighted by atomic mass is 9.82. The first kappa shape index (κ1) is 13.7. The highest BCUT2D eigenvalue weighted by molar-refractivity contribution is 6.19. The Kier molecular flexibility index (Phi) is 3.23. The minimum atomic E-state index is -1.04. The van der Waals surface area contributed by atoms with Crippen LogP contribution >= 0.6 is 0 Å². The number of carbonyl (C=O) groups is 3. The number of hydrogen-bond donors (Lipinski definition) is 1. The Morgan fingerprint density at radius 3 is 2.62 bits per heavy atom. The zero-order valence-electron chi connectivity index (χ0n) is 11.9. The third-order valence-corrected chi connectivity index (χ3v) is 4.28. The van der Waals surface area contributed by atoms with Crippen molar-refractivity contribution in [2.45, 2.75) is 39.2 Å². The van der Waals surface area contributed by atoms with E-state index in [2.05, 4.69) is 10.3 Å². The zero-order chi connectivity index (χ0) is 15.0. The van der Waals surface area contributed by atoms with Gasteiger partial charge in [0.1, 0.15) is 5.41 Å². The third-order valence-electron chi connectivity index (χ3n) is 4.28. The largest absolute Gasteiger partial charge is 0.331 e. The van der Waals surface area contributed by atoms with Crippen molar-refractivity contribution in [1.29, 1.82) is 0 Å². The molecule has 1 aliphatic heterocycles. The van der Waals surface area contributed by atoms with Crippen LogP contribution in [0, 0.1) is 12.3 Å². The van der Waals surface area contributed by atoms with Gasteiger partial charge in [-0.2, -0.15) is 0 Å². The predicted octanol–water partition coefficient (Wildman–Crippen LogP) is 1.53. The van der Waals surface area contributed by atoms with Gasteiger partial charge in [0.25, 0.3) is 0 Å². The number of barbiturate groups is 1. The van der Waals surface area contributed by atoms with Crippen molar-refractivity contribution in [1.82, 2.24) is 15.2 Å². The quantitative estimate of drug-likeness (QED) is 0.837. The van der Waals surface area contributed by atoms with Crippen LogP contribution in [0.25, 0.3) is 0 Å². The van der Waals surface area contributed by atoms with Gasteiger partial charge < -0.3 is 0 Å². The van der Waals surface area contributed by atoms with Crippen LogP contribution in [0.3, 0.4) is 0 Å². The molecule has 0 aromatic carbocycles. The van der Waals surface area contributed by atoms with Gasteiger partial charge in [0, 0.05) is 5.69 Å². The van der Waals surface area contributed by atoms with Crippen LogP contribution in [-0.2, 0) is 16.1 Å². The molecule has 1 saturated heterocycles. The van der Waals surface area contributed by atoms with Gasteiger partial charge in [0.2, 0.25) is 11.8 Å². The first-order valence-corrected chi connectivity index (χ1v) is 7.13. The van der Waals surface area contributed by atoms with E-state index in [1.807, 2.05) is 19.1 Å². The molecule has 0 unspecified atom stereocenters. The molecule has 1 saturated carbocycles. The van der Waals surface area contributed by atoms with Crippen molar-refractivity contribution in [3.63, 3.8) is 0 Å². The van der Waals surface area contributed by atoms with Gasteiger partial charge in [0.05, 0.1) is 12.2 Å². The number of nitrogens with one attached hydrogen (secondary N) is 1. The van der Waals surface area contributed by atoms with Crippen molar-refractivity contribution >= 4 is 17.8 Å². The number of hydrogen-bond acceptors (Lipinski definition) is 4. The van der Waals surface area contributed by atoms with Gasteiger partial charge in [0.15, 0.2) is 0 Å². The number of aromatic nitrogens is 1. The summed E-state index contributed by atoms with van der Waals surface area (Å²) in [6, 6.07) is 4.81. The van der Waals surface area contributed by atoms with E-state index in [9.17, 15) is 14.4 Å². The zero-order valence-corrected chi connectivity index (χ0v) is 11.9. The molecule has 0 atom stereocenters. The molecule has 0 bridgehead atoms. The maximum Gasteiger partial charge on any atom is 0.331 e. The van der Waals surface area contributed by atoms with Crippen molar-refractivity contribution in [2.24, 2.45) is 5.41 Å². The van der Waals surface area contributed by atoms with Crippen LogP contribution < -0.4 is 5.32 Å². The number of nitrogens with zero attached hydrogens (tertiary/aromatic N) is 2. The van der Waals surface area contributed by atoms with Gasteiger partial charge in [-0.25, -0.2) is 4.79 Å². The lowest BCUT2D eigenvalue weighted by molar-refractivity contribution is -0.151. The fraction of sp³-hybridized carbons (Fsp3) is 0.467. The molecule has 6 nitrogen and oxygen atoms in total. The number of imide groups is 2. The second-order valence-electron chi connectivity index (χ2n) is 5.71. The Morgan fingerprint density at radius 2 is 1.95 bits per heavy atom. The Balaban J connectivity index is 1.89. The van der Waals surface area contributed by atoms with Gasteiger partial charge in [-0.1, -0.05) is 18.9 Å². The van der Waals surface area contributed by atoms with E-state index in [1.165, 1.54) is 0 Å². The molecule has 1 spiro atoms. The first-order valence-electron chi connectivity index (χ1n) is 7.13. The van der Waals surface area contributed by atoms with Crippen molar-refractivity contribution in [2.75, 3.05) is 0 Å². The van der Waals surface area contributed by atoms with E-state index >= 15 is 0 Å². The molecule has 2 fully saturated rings. The van der Waals surface area contributed by atoms with Crippen LogP contribution in [0.2, 0.25) is 0 Å². The number of rotatable bonds is 2. The maximum atomic E-state index is 12.7. The van der Waals surface area contributed by atoms with Crippen LogP contribution in [0.4, 0.5) is 4.79 Å². The molecule has 2 heterocycles. The number of carbonyl (C=O) groups excluding carboxylic acids is 3. The molecule has 2 aliphatic rings. The summed E-state index contributed by atoms with van der Waals surface area (Å²) in [5, 5.41) is 2.33. The SMILES string of the molecule is Cc1cccc(CN2C(=O)NC(=O)C3(CCCC3)C2=O)n1. The van der Waals surface area contributed by atoms with E-state index in [0.717, 1.165) is 23.4 Å². The molecule has 6 heteroatoms. The smallest absolute Gasteiger partial charge is 0.277 e. The first-order chi connectivity index (χ1) is 10.0. The number of pyridine rings is 1. The van der Waals surface area contributed by atoms with Gasteiger partial charge >= 0.3 is 6.03 Å². The van der Waals surface area contributed by atoms with Crippen LogP contribution in [0.15, 0.2) is 18.2 Å². The molecular formula is C15H17N3O3. The summed E-state index contributed by atoms with van der Waals surface area (Å²) in [6.45, 7) is 1.95. The van der Waals surface area contributed by atoms with Gasteiger partial charge in [-0.15, -0.1) is 0 Å². The summed E-state index contributed by atoms with van der Waals surface area (Å²) in [5.74, 6) is -0.819. The molecule has 4 amide bonds. The van der Waals surface area contributed by atoms with Crippen LogP contribution in [-0.4, -0.2) is 27.7 Å². The Morgan fingerprint density at radius 1 is 1.24 bits per heavy atom. The summed E-state index contributed by atoms with van der Waals surface area (Å²) in [5.41, 5.74) is 0.419. The molecule has 110 valence electrons. The topological polar surface area (TPSA) is 79.4 Å². The molecule has 0 radical (unpaired) electrons. The fourth-order valence-corrected chi connectivity index (χ4v) is 3.14. The summed E-state index contributed by atoms with van der Waals surface area (Å²) in [4.78, 5) is 42.2. The molecule has 1 N–H and O–H groups in total. The van der Waals surface area contributed by atoms with Gasteiger partial charge in [-0.05, 0) is 31.9 Å². The highest BCUT2D eigenvalue weighted by Gasteiger charge is 2.54. The highest BCUT2D eigenvalue weighted by Crippen LogP contribution is 2.41. The fourth-order valence-electron chi connectivity index (χ4n) is 3.14. The molecular weight excluding hydrogens is 270 g/mol. The molecule has 3 rings (SSSR count). The summed E-state index contributed by atoms with van der Waals surface area (Å²) >= 11 is 0. The summed E-state index contributed by atoms with van der Waals surface area (Å²) in [7, 11) is 0.